The van der Waals surface area contributed by atoms with Crippen molar-refractivity contribution >= 4 is 0 Å². The molecule has 0 aromatic rings. The van der Waals surface area contributed by atoms with Crippen LogP contribution >= 0.6 is 0 Å². The van der Waals surface area contributed by atoms with Crippen LogP contribution in [0, 0.1) is 5.92 Å². The van der Waals surface area contributed by atoms with E-state index in [1.54, 1.807) is 0 Å². The molecule has 2 nitrogen and oxygen atoms in total. The smallest absolute Gasteiger partial charge is 0.00979 e. The lowest BCUT2D eigenvalue weighted by atomic mass is 10.0. The Kier molecular flexibility index (Phi) is 4.87. The van der Waals surface area contributed by atoms with E-state index in [4.69, 9.17) is 0 Å². The van der Waals surface area contributed by atoms with Gasteiger partial charge in [0.1, 0.15) is 0 Å². The zero-order valence-electron chi connectivity index (χ0n) is 11.9. The van der Waals surface area contributed by atoms with Crippen molar-refractivity contribution in [2.75, 3.05) is 13.1 Å². The van der Waals surface area contributed by atoms with E-state index < -0.39 is 0 Å². The van der Waals surface area contributed by atoms with Crippen molar-refractivity contribution in [3.63, 3.8) is 0 Å². The fourth-order valence-electron chi connectivity index (χ4n) is 3.64. The largest absolute Gasteiger partial charge is 0.314 e. The molecule has 1 aliphatic carbocycles. The topological polar surface area (TPSA) is 15.3 Å². The highest BCUT2D eigenvalue weighted by Gasteiger charge is 2.26. The fourth-order valence-corrected chi connectivity index (χ4v) is 3.64. The minimum atomic E-state index is 0.719. The molecule has 2 rings (SSSR count). The number of nitrogens with one attached hydrogen (secondary N) is 1. The molecule has 2 fully saturated rings. The first kappa shape index (κ1) is 13.4. The lowest BCUT2D eigenvalue weighted by molar-refractivity contribution is 0.148. The monoisotopic (exact) mass is 238 g/mol. The Bertz CT molecular complexity index is 221. The molecule has 2 aliphatic rings. The Hall–Kier alpha value is -0.0800. The molecule has 1 N–H and O–H groups in total. The van der Waals surface area contributed by atoms with Gasteiger partial charge in [-0.05, 0) is 52.0 Å². The molecule has 2 unspecified atom stereocenters. The van der Waals surface area contributed by atoms with Gasteiger partial charge >= 0.3 is 0 Å². The second-order valence-electron chi connectivity index (χ2n) is 6.50. The summed E-state index contributed by atoms with van der Waals surface area (Å²) in [7, 11) is 0. The van der Waals surface area contributed by atoms with Crippen LogP contribution in [-0.4, -0.2) is 36.1 Å². The first-order chi connectivity index (χ1) is 8.16. The molecule has 1 aliphatic heterocycles. The normalized spacial score (nSPS) is 30.9. The van der Waals surface area contributed by atoms with Gasteiger partial charge in [-0.2, -0.15) is 0 Å². The highest BCUT2D eigenvalue weighted by Crippen LogP contribution is 2.26. The van der Waals surface area contributed by atoms with Crippen LogP contribution in [-0.2, 0) is 0 Å². The number of hydrogen-bond donors (Lipinski definition) is 1. The molecule has 0 aromatic carbocycles. The van der Waals surface area contributed by atoms with Crippen molar-refractivity contribution in [1.82, 2.24) is 10.2 Å². The van der Waals surface area contributed by atoms with E-state index in [1.807, 2.05) is 0 Å². The summed E-state index contributed by atoms with van der Waals surface area (Å²) in [5.41, 5.74) is 0. The summed E-state index contributed by atoms with van der Waals surface area (Å²) < 4.78 is 0. The summed E-state index contributed by atoms with van der Waals surface area (Å²) in [5, 5.41) is 3.66. The van der Waals surface area contributed by atoms with Crippen LogP contribution in [0.15, 0.2) is 0 Å². The van der Waals surface area contributed by atoms with Crippen LogP contribution in [0.4, 0.5) is 0 Å². The van der Waals surface area contributed by atoms with Crippen LogP contribution in [0.3, 0.4) is 0 Å². The maximum atomic E-state index is 3.66. The standard InChI is InChI=1S/C15H30N2/c1-12(2)17(15-6-4-5-7-15)9-8-14-10-13(3)11-16-14/h12-16H,4-11H2,1-3H3. The number of hydrogen-bond acceptors (Lipinski definition) is 2. The molecule has 17 heavy (non-hydrogen) atoms. The molecule has 1 saturated heterocycles. The van der Waals surface area contributed by atoms with E-state index >= 15 is 0 Å². The Morgan fingerprint density at radius 3 is 2.47 bits per heavy atom. The summed E-state index contributed by atoms with van der Waals surface area (Å²) in [4.78, 5) is 2.76. The Morgan fingerprint density at radius 1 is 1.24 bits per heavy atom. The van der Waals surface area contributed by atoms with Crippen LogP contribution in [0.2, 0.25) is 0 Å². The molecule has 100 valence electrons. The second kappa shape index (κ2) is 6.19. The third kappa shape index (κ3) is 3.69. The molecule has 2 heteroatoms. The van der Waals surface area contributed by atoms with Crippen LogP contribution in [0.1, 0.15) is 59.3 Å². The van der Waals surface area contributed by atoms with Crippen molar-refractivity contribution in [2.45, 2.75) is 77.4 Å². The third-order valence-corrected chi connectivity index (χ3v) is 4.63. The lowest BCUT2D eigenvalue weighted by Gasteiger charge is -2.33. The fraction of sp³-hybridized carbons (Fsp3) is 1.00. The van der Waals surface area contributed by atoms with Gasteiger partial charge in [0.15, 0.2) is 0 Å². The maximum absolute atomic E-state index is 3.66. The van der Waals surface area contributed by atoms with Gasteiger partial charge in [-0.3, -0.25) is 4.90 Å². The van der Waals surface area contributed by atoms with Gasteiger partial charge in [-0.15, -0.1) is 0 Å². The Balaban J connectivity index is 1.77. The maximum Gasteiger partial charge on any atom is 0.00979 e. The third-order valence-electron chi connectivity index (χ3n) is 4.63. The average molecular weight is 238 g/mol. The van der Waals surface area contributed by atoms with Gasteiger partial charge in [-0.1, -0.05) is 19.8 Å². The molecule has 0 spiro atoms. The van der Waals surface area contributed by atoms with Crippen molar-refractivity contribution in [2.24, 2.45) is 5.92 Å². The van der Waals surface area contributed by atoms with Gasteiger partial charge in [0.05, 0.1) is 0 Å². The Labute approximate surface area is 107 Å². The van der Waals surface area contributed by atoms with E-state index in [2.05, 4.69) is 31.0 Å². The molecule has 1 heterocycles. The van der Waals surface area contributed by atoms with Gasteiger partial charge in [0.25, 0.3) is 0 Å². The number of rotatable bonds is 5. The van der Waals surface area contributed by atoms with E-state index in [1.165, 1.54) is 51.6 Å². The molecule has 1 saturated carbocycles. The van der Waals surface area contributed by atoms with Crippen LogP contribution < -0.4 is 5.32 Å². The molecule has 0 bridgehead atoms. The van der Waals surface area contributed by atoms with Crippen molar-refractivity contribution in [3.8, 4) is 0 Å². The summed E-state index contributed by atoms with van der Waals surface area (Å²) in [6.45, 7) is 9.62. The van der Waals surface area contributed by atoms with E-state index in [-0.39, 0.29) is 0 Å². The average Bonchev–Trinajstić information content (AvgIpc) is 2.90. The highest BCUT2D eigenvalue weighted by molar-refractivity contribution is 4.84. The zero-order valence-corrected chi connectivity index (χ0v) is 11.9. The first-order valence-corrected chi connectivity index (χ1v) is 7.66. The predicted molar refractivity (Wildman–Crippen MR) is 74.3 cm³/mol. The van der Waals surface area contributed by atoms with E-state index in [9.17, 15) is 0 Å². The van der Waals surface area contributed by atoms with Crippen LogP contribution in [0.25, 0.3) is 0 Å². The van der Waals surface area contributed by atoms with Crippen LogP contribution in [0.5, 0.6) is 0 Å². The second-order valence-corrected chi connectivity index (χ2v) is 6.50. The first-order valence-electron chi connectivity index (χ1n) is 7.66. The summed E-state index contributed by atoms with van der Waals surface area (Å²) in [5.74, 6) is 0.888. The van der Waals surface area contributed by atoms with Gasteiger partial charge < -0.3 is 5.32 Å². The lowest BCUT2D eigenvalue weighted by Crippen LogP contribution is -2.41. The van der Waals surface area contributed by atoms with Gasteiger partial charge in [-0.25, -0.2) is 0 Å². The van der Waals surface area contributed by atoms with Crippen molar-refractivity contribution in [1.29, 1.82) is 0 Å². The molecular formula is C15H30N2. The number of nitrogens with zero attached hydrogens (tertiary/aromatic N) is 1. The minimum Gasteiger partial charge on any atom is -0.314 e. The van der Waals surface area contributed by atoms with E-state index in [0.717, 1.165) is 24.0 Å². The zero-order chi connectivity index (χ0) is 12.3. The molecule has 0 radical (unpaired) electrons. The quantitative estimate of drug-likeness (QED) is 0.792. The van der Waals surface area contributed by atoms with Crippen molar-refractivity contribution in [3.05, 3.63) is 0 Å². The molecular weight excluding hydrogens is 208 g/mol. The highest BCUT2D eigenvalue weighted by atomic mass is 15.2. The van der Waals surface area contributed by atoms with Crippen molar-refractivity contribution < 1.29 is 0 Å². The van der Waals surface area contributed by atoms with Gasteiger partial charge in [0.2, 0.25) is 0 Å². The van der Waals surface area contributed by atoms with E-state index in [0.29, 0.717) is 0 Å². The van der Waals surface area contributed by atoms with Gasteiger partial charge in [0, 0.05) is 24.7 Å². The summed E-state index contributed by atoms with van der Waals surface area (Å²) >= 11 is 0. The molecule has 2 atom stereocenters. The summed E-state index contributed by atoms with van der Waals surface area (Å²) in [6, 6.07) is 2.39. The predicted octanol–water partition coefficient (Wildman–Crippen LogP) is 3.03. The minimum absolute atomic E-state index is 0.719. The SMILES string of the molecule is CC1CNC(CCN(C(C)C)C2CCCC2)C1. The summed E-state index contributed by atoms with van der Waals surface area (Å²) in [6.07, 6.45) is 8.51. The molecule has 0 aromatic heterocycles. The molecule has 0 amide bonds. The Morgan fingerprint density at radius 2 is 1.94 bits per heavy atom.